The maximum Gasteiger partial charge on any atom is 0.320 e. The van der Waals surface area contributed by atoms with E-state index >= 15 is 0 Å². The minimum Gasteiger partial charge on any atom is -0.480 e. The van der Waals surface area contributed by atoms with Crippen molar-refractivity contribution >= 4 is 47.3 Å². The Labute approximate surface area is 143 Å². The van der Waals surface area contributed by atoms with Crippen LogP contribution in [-0.4, -0.2) is 34.5 Å². The van der Waals surface area contributed by atoms with E-state index in [1.165, 1.54) is 12.1 Å². The number of carbonyl (C=O) groups excluding carboxylic acids is 1. The van der Waals surface area contributed by atoms with Gasteiger partial charge in [0.05, 0.1) is 11.5 Å². The highest BCUT2D eigenvalue weighted by atomic mass is 35.5. The Morgan fingerprint density at radius 3 is 2.61 bits per heavy atom. The summed E-state index contributed by atoms with van der Waals surface area (Å²) in [5.41, 5.74) is -0.105. The van der Waals surface area contributed by atoms with Crippen LogP contribution in [0.25, 0.3) is 0 Å². The number of nitro benzene ring substituents is 1. The molecule has 0 spiro atoms. The van der Waals surface area contributed by atoms with Crippen LogP contribution in [0.2, 0.25) is 5.02 Å². The number of carboxylic acid groups (broad SMARTS) is 1. The summed E-state index contributed by atoms with van der Waals surface area (Å²) in [5.74, 6) is -1.53. The lowest BCUT2D eigenvalue weighted by molar-refractivity contribution is -0.384. The molecule has 0 radical (unpaired) electrons. The zero-order chi connectivity index (χ0) is 16.7. The molecule has 10 heteroatoms. The van der Waals surface area contributed by atoms with Gasteiger partial charge in [0.25, 0.3) is 5.69 Å². The lowest BCUT2D eigenvalue weighted by atomic mass is 10.2. The van der Waals surface area contributed by atoms with E-state index in [-0.39, 0.29) is 35.3 Å². The Kier molecular flexibility index (Phi) is 9.16. The number of nitrogens with one attached hydrogen (secondary N) is 2. The summed E-state index contributed by atoms with van der Waals surface area (Å²) >= 11 is 5.67. The van der Waals surface area contributed by atoms with Crippen LogP contribution in [0.15, 0.2) is 18.2 Å². The van der Waals surface area contributed by atoms with Gasteiger partial charge >= 0.3 is 5.97 Å². The van der Waals surface area contributed by atoms with Crippen LogP contribution >= 0.6 is 24.0 Å². The molecule has 0 aliphatic rings. The van der Waals surface area contributed by atoms with Crippen molar-refractivity contribution in [2.75, 3.05) is 11.9 Å². The van der Waals surface area contributed by atoms with Crippen LogP contribution < -0.4 is 10.6 Å². The molecule has 1 amide bonds. The third-order valence-electron chi connectivity index (χ3n) is 2.81. The monoisotopic (exact) mass is 365 g/mol. The first kappa shape index (κ1) is 21.1. The highest BCUT2D eigenvalue weighted by Crippen LogP contribution is 2.27. The molecular formula is C13H17Cl2N3O5. The summed E-state index contributed by atoms with van der Waals surface area (Å²) < 4.78 is 0. The SMILES string of the molecule is CCCC(NCC(=O)Nc1ccc(Cl)c([N+](=O)[O-])c1)C(=O)O.Cl. The maximum absolute atomic E-state index is 11.7. The third kappa shape index (κ3) is 6.81. The Balaban J connectivity index is 0.00000484. The number of hydrogen-bond donors (Lipinski definition) is 3. The van der Waals surface area contributed by atoms with Crippen LogP contribution in [0.1, 0.15) is 19.8 Å². The Bertz CT molecular complexity index is 583. The van der Waals surface area contributed by atoms with Crippen LogP contribution in [0.3, 0.4) is 0 Å². The number of carboxylic acids is 1. The van der Waals surface area contributed by atoms with E-state index < -0.39 is 22.8 Å². The van der Waals surface area contributed by atoms with Gasteiger partial charge in [-0.1, -0.05) is 24.9 Å². The van der Waals surface area contributed by atoms with Gasteiger partial charge in [-0.3, -0.25) is 25.0 Å². The van der Waals surface area contributed by atoms with Gasteiger partial charge in [-0.2, -0.15) is 0 Å². The lowest BCUT2D eigenvalue weighted by Crippen LogP contribution is -2.41. The quantitative estimate of drug-likeness (QED) is 0.480. The van der Waals surface area contributed by atoms with Gasteiger partial charge in [0, 0.05) is 11.8 Å². The van der Waals surface area contributed by atoms with E-state index in [0.717, 1.165) is 6.07 Å². The number of halogens is 2. The molecule has 0 heterocycles. The van der Waals surface area contributed by atoms with Gasteiger partial charge in [-0.15, -0.1) is 12.4 Å². The molecule has 0 aromatic heterocycles. The number of rotatable bonds is 8. The summed E-state index contributed by atoms with van der Waals surface area (Å²) in [7, 11) is 0. The fourth-order valence-corrected chi connectivity index (χ4v) is 1.94. The topological polar surface area (TPSA) is 122 Å². The molecular weight excluding hydrogens is 349 g/mol. The average Bonchev–Trinajstić information content (AvgIpc) is 2.44. The van der Waals surface area contributed by atoms with E-state index in [0.29, 0.717) is 12.8 Å². The summed E-state index contributed by atoms with van der Waals surface area (Å²) in [6.45, 7) is 1.62. The molecule has 1 aromatic carbocycles. The van der Waals surface area contributed by atoms with Crippen molar-refractivity contribution in [2.24, 2.45) is 0 Å². The number of carbonyl (C=O) groups is 2. The highest BCUT2D eigenvalue weighted by Gasteiger charge is 2.17. The van der Waals surface area contributed by atoms with Gasteiger partial charge < -0.3 is 10.4 Å². The van der Waals surface area contributed by atoms with E-state index in [2.05, 4.69) is 10.6 Å². The molecule has 0 saturated heterocycles. The molecule has 0 aliphatic carbocycles. The molecule has 1 aromatic rings. The molecule has 0 fully saturated rings. The lowest BCUT2D eigenvalue weighted by Gasteiger charge is -2.13. The zero-order valence-electron chi connectivity index (χ0n) is 12.2. The van der Waals surface area contributed by atoms with Gasteiger partial charge in [-0.05, 0) is 18.6 Å². The van der Waals surface area contributed by atoms with Crippen LogP contribution in [-0.2, 0) is 9.59 Å². The van der Waals surface area contributed by atoms with Crippen molar-refractivity contribution in [1.29, 1.82) is 0 Å². The third-order valence-corrected chi connectivity index (χ3v) is 3.13. The Morgan fingerprint density at radius 1 is 1.43 bits per heavy atom. The number of anilines is 1. The number of nitro groups is 1. The van der Waals surface area contributed by atoms with Crippen molar-refractivity contribution in [1.82, 2.24) is 5.32 Å². The van der Waals surface area contributed by atoms with Crippen molar-refractivity contribution in [3.8, 4) is 0 Å². The first-order chi connectivity index (χ1) is 10.3. The summed E-state index contributed by atoms with van der Waals surface area (Å²) in [4.78, 5) is 32.8. The number of amides is 1. The normalized spacial score (nSPS) is 11.2. The van der Waals surface area contributed by atoms with Crippen LogP contribution in [0.5, 0.6) is 0 Å². The fourth-order valence-electron chi connectivity index (χ4n) is 1.75. The van der Waals surface area contributed by atoms with Crippen molar-refractivity contribution < 1.29 is 19.6 Å². The molecule has 0 bridgehead atoms. The van der Waals surface area contributed by atoms with Gasteiger partial charge in [0.1, 0.15) is 11.1 Å². The minimum absolute atomic E-state index is 0. The van der Waals surface area contributed by atoms with Crippen molar-refractivity contribution in [2.45, 2.75) is 25.8 Å². The largest absolute Gasteiger partial charge is 0.480 e. The second-order valence-corrected chi connectivity index (χ2v) is 4.94. The predicted octanol–water partition coefficient (Wildman–Crippen LogP) is 2.45. The first-order valence-electron chi connectivity index (χ1n) is 6.55. The number of aliphatic carboxylic acids is 1. The first-order valence-corrected chi connectivity index (χ1v) is 6.93. The van der Waals surface area contributed by atoms with Gasteiger partial charge in [0.2, 0.25) is 5.91 Å². The minimum atomic E-state index is -1.03. The van der Waals surface area contributed by atoms with Crippen molar-refractivity contribution in [3.63, 3.8) is 0 Å². The van der Waals surface area contributed by atoms with Gasteiger partial charge in [0.15, 0.2) is 0 Å². The second-order valence-electron chi connectivity index (χ2n) is 4.53. The van der Waals surface area contributed by atoms with E-state index in [1.54, 1.807) is 0 Å². The van der Waals surface area contributed by atoms with Crippen LogP contribution in [0, 0.1) is 10.1 Å². The molecule has 128 valence electrons. The molecule has 1 rings (SSSR count). The molecule has 3 N–H and O–H groups in total. The second kappa shape index (κ2) is 9.98. The standard InChI is InChI=1S/C13H16ClN3O5.ClH/c1-2-3-10(13(19)20)15-7-12(18)16-8-4-5-9(14)11(6-8)17(21)22;/h4-6,10,15H,2-3,7H2,1H3,(H,16,18)(H,19,20);1H. The number of hydrogen-bond acceptors (Lipinski definition) is 5. The zero-order valence-corrected chi connectivity index (χ0v) is 13.8. The maximum atomic E-state index is 11.7. The molecule has 0 aliphatic heterocycles. The summed E-state index contributed by atoms with van der Waals surface area (Å²) in [5, 5.41) is 24.7. The summed E-state index contributed by atoms with van der Waals surface area (Å²) in [6, 6.07) is 3.06. The Morgan fingerprint density at radius 2 is 2.09 bits per heavy atom. The van der Waals surface area contributed by atoms with Crippen LogP contribution in [0.4, 0.5) is 11.4 Å². The average molecular weight is 366 g/mol. The van der Waals surface area contributed by atoms with E-state index in [9.17, 15) is 19.7 Å². The molecule has 0 saturated carbocycles. The number of nitrogens with zero attached hydrogens (tertiary/aromatic N) is 1. The summed E-state index contributed by atoms with van der Waals surface area (Å²) in [6.07, 6.45) is 1.06. The fraction of sp³-hybridized carbons (Fsp3) is 0.385. The van der Waals surface area contributed by atoms with E-state index in [4.69, 9.17) is 16.7 Å². The van der Waals surface area contributed by atoms with Gasteiger partial charge in [-0.25, -0.2) is 0 Å². The molecule has 8 nitrogen and oxygen atoms in total. The highest BCUT2D eigenvalue weighted by molar-refractivity contribution is 6.32. The van der Waals surface area contributed by atoms with E-state index in [1.807, 2.05) is 6.92 Å². The number of benzene rings is 1. The molecule has 23 heavy (non-hydrogen) atoms. The van der Waals surface area contributed by atoms with Crippen molar-refractivity contribution in [3.05, 3.63) is 33.3 Å². The molecule has 1 atom stereocenters. The Hall–Kier alpha value is -1.90. The smallest absolute Gasteiger partial charge is 0.320 e. The predicted molar refractivity (Wildman–Crippen MR) is 88.3 cm³/mol. The molecule has 1 unspecified atom stereocenters.